The molecule has 0 bridgehead atoms. The van der Waals surface area contributed by atoms with Crippen LogP contribution in [0.4, 0.5) is 18.9 Å². The summed E-state index contributed by atoms with van der Waals surface area (Å²) in [6.07, 6.45) is -3.70. The zero-order valence-electron chi connectivity index (χ0n) is 17.7. The average Bonchev–Trinajstić information content (AvgIpc) is 2.75. The highest BCUT2D eigenvalue weighted by atomic mass is 19.4. The fourth-order valence-corrected chi connectivity index (χ4v) is 3.63. The van der Waals surface area contributed by atoms with Gasteiger partial charge >= 0.3 is 6.18 Å². The van der Waals surface area contributed by atoms with E-state index in [1.54, 1.807) is 0 Å². The molecule has 0 spiro atoms. The molecule has 2 aromatic rings. The molecule has 1 N–H and O–H groups in total. The molecule has 0 aromatic heterocycles. The Morgan fingerprint density at radius 2 is 1.88 bits per heavy atom. The SMILES string of the molecule is CC(C)(CNC(=O)c1cc(OCC(F)(F)F)ccc1[N+](=O)[O-])N1CCc2ccccc2C1. The molecule has 1 aliphatic rings. The van der Waals surface area contributed by atoms with Crippen molar-refractivity contribution in [1.29, 1.82) is 0 Å². The third kappa shape index (κ3) is 5.76. The number of alkyl halides is 3. The van der Waals surface area contributed by atoms with Gasteiger partial charge in [-0.3, -0.25) is 19.8 Å². The number of hydrogen-bond donors (Lipinski definition) is 1. The number of nitrogens with zero attached hydrogens (tertiary/aromatic N) is 2. The fraction of sp³-hybridized carbons (Fsp3) is 0.409. The molecule has 7 nitrogen and oxygen atoms in total. The van der Waals surface area contributed by atoms with Crippen LogP contribution in [0.15, 0.2) is 42.5 Å². The van der Waals surface area contributed by atoms with Gasteiger partial charge < -0.3 is 10.1 Å². The minimum Gasteiger partial charge on any atom is -0.484 e. The van der Waals surface area contributed by atoms with Crippen molar-refractivity contribution in [3.63, 3.8) is 0 Å². The lowest BCUT2D eigenvalue weighted by Crippen LogP contribution is -2.53. The van der Waals surface area contributed by atoms with Gasteiger partial charge in [0.05, 0.1) is 4.92 Å². The molecule has 1 heterocycles. The van der Waals surface area contributed by atoms with Crippen LogP contribution >= 0.6 is 0 Å². The Kier molecular flexibility index (Phi) is 6.73. The lowest BCUT2D eigenvalue weighted by atomic mass is 9.94. The van der Waals surface area contributed by atoms with Crippen molar-refractivity contribution in [3.05, 3.63) is 69.3 Å². The third-order valence-corrected chi connectivity index (χ3v) is 5.48. The highest BCUT2D eigenvalue weighted by Gasteiger charge is 2.32. The van der Waals surface area contributed by atoms with E-state index in [4.69, 9.17) is 0 Å². The van der Waals surface area contributed by atoms with E-state index >= 15 is 0 Å². The molecule has 2 aromatic carbocycles. The maximum absolute atomic E-state index is 12.7. The molecule has 0 saturated carbocycles. The van der Waals surface area contributed by atoms with Crippen LogP contribution < -0.4 is 10.1 Å². The lowest BCUT2D eigenvalue weighted by Gasteiger charge is -2.41. The summed E-state index contributed by atoms with van der Waals surface area (Å²) in [5, 5.41) is 14.0. The lowest BCUT2D eigenvalue weighted by molar-refractivity contribution is -0.385. The Morgan fingerprint density at radius 1 is 1.19 bits per heavy atom. The maximum atomic E-state index is 12.7. The molecule has 0 unspecified atom stereocenters. The van der Waals surface area contributed by atoms with Gasteiger partial charge in [-0.15, -0.1) is 0 Å². The third-order valence-electron chi connectivity index (χ3n) is 5.48. The normalized spacial score (nSPS) is 14.5. The molecule has 172 valence electrons. The molecule has 10 heteroatoms. The number of benzene rings is 2. The van der Waals surface area contributed by atoms with Crippen molar-refractivity contribution in [1.82, 2.24) is 10.2 Å². The second-order valence-electron chi connectivity index (χ2n) is 8.28. The smallest absolute Gasteiger partial charge is 0.422 e. The molecule has 1 aliphatic heterocycles. The predicted molar refractivity (Wildman–Crippen MR) is 112 cm³/mol. The Hall–Kier alpha value is -3.14. The summed E-state index contributed by atoms with van der Waals surface area (Å²) in [7, 11) is 0. The number of carbonyl (C=O) groups is 1. The van der Waals surface area contributed by atoms with Crippen LogP contribution in [0.2, 0.25) is 0 Å². The number of ether oxygens (including phenoxy) is 1. The number of rotatable bonds is 7. The first-order valence-corrected chi connectivity index (χ1v) is 10.0. The second-order valence-corrected chi connectivity index (χ2v) is 8.28. The number of carbonyl (C=O) groups excluding carboxylic acids is 1. The predicted octanol–water partition coefficient (Wildman–Crippen LogP) is 4.10. The molecular weight excluding hydrogens is 427 g/mol. The van der Waals surface area contributed by atoms with Crippen molar-refractivity contribution in [2.45, 2.75) is 38.5 Å². The van der Waals surface area contributed by atoms with Crippen LogP contribution in [-0.2, 0) is 13.0 Å². The highest BCUT2D eigenvalue weighted by Crippen LogP contribution is 2.27. The van der Waals surface area contributed by atoms with Gasteiger partial charge in [-0.1, -0.05) is 24.3 Å². The molecule has 0 aliphatic carbocycles. The van der Waals surface area contributed by atoms with Gasteiger partial charge in [0.2, 0.25) is 0 Å². The van der Waals surface area contributed by atoms with Crippen LogP contribution in [0, 0.1) is 10.1 Å². The fourth-order valence-electron chi connectivity index (χ4n) is 3.63. The van der Waals surface area contributed by atoms with Crippen LogP contribution in [-0.4, -0.2) is 47.1 Å². The van der Waals surface area contributed by atoms with E-state index in [1.165, 1.54) is 11.1 Å². The summed E-state index contributed by atoms with van der Waals surface area (Å²) in [4.78, 5) is 25.5. The molecule has 0 saturated heterocycles. The second kappa shape index (κ2) is 9.15. The van der Waals surface area contributed by atoms with Crippen molar-refractivity contribution >= 4 is 11.6 Å². The molecular formula is C22H24F3N3O4. The van der Waals surface area contributed by atoms with Crippen molar-refractivity contribution in [3.8, 4) is 5.75 Å². The number of amides is 1. The number of nitro groups is 1. The van der Waals surface area contributed by atoms with Crippen molar-refractivity contribution < 1.29 is 27.6 Å². The molecule has 32 heavy (non-hydrogen) atoms. The summed E-state index contributed by atoms with van der Waals surface area (Å²) in [5.74, 6) is -1.02. The number of nitrogens with one attached hydrogen (secondary N) is 1. The average molecular weight is 451 g/mol. The van der Waals surface area contributed by atoms with E-state index in [1.807, 2.05) is 26.0 Å². The van der Waals surface area contributed by atoms with E-state index < -0.39 is 34.8 Å². The first kappa shape index (κ1) is 23.5. The largest absolute Gasteiger partial charge is 0.484 e. The zero-order chi connectivity index (χ0) is 23.5. The number of fused-ring (bicyclic) bond motifs is 1. The summed E-state index contributed by atoms with van der Waals surface area (Å²) in [6.45, 7) is 4.05. The van der Waals surface area contributed by atoms with Crippen LogP contribution in [0.25, 0.3) is 0 Å². The molecule has 0 atom stereocenters. The molecule has 0 fully saturated rings. The van der Waals surface area contributed by atoms with E-state index in [0.29, 0.717) is 6.54 Å². The van der Waals surface area contributed by atoms with Gasteiger partial charge in [-0.25, -0.2) is 0 Å². The number of nitro benzene ring substituents is 1. The maximum Gasteiger partial charge on any atom is 0.422 e. The van der Waals surface area contributed by atoms with Gasteiger partial charge in [0, 0.05) is 31.2 Å². The van der Waals surface area contributed by atoms with Crippen LogP contribution in [0.1, 0.15) is 35.3 Å². The molecule has 3 rings (SSSR count). The highest BCUT2D eigenvalue weighted by molar-refractivity contribution is 5.98. The Balaban J connectivity index is 1.71. The van der Waals surface area contributed by atoms with E-state index in [-0.39, 0.29) is 17.9 Å². The monoisotopic (exact) mass is 451 g/mol. The minimum atomic E-state index is -4.57. The van der Waals surface area contributed by atoms with Crippen molar-refractivity contribution in [2.75, 3.05) is 19.7 Å². The summed E-state index contributed by atoms with van der Waals surface area (Å²) < 4.78 is 41.9. The Bertz CT molecular complexity index is 1010. The summed E-state index contributed by atoms with van der Waals surface area (Å²) in [6, 6.07) is 11.1. The van der Waals surface area contributed by atoms with Gasteiger partial charge in [0.1, 0.15) is 11.3 Å². The summed E-state index contributed by atoms with van der Waals surface area (Å²) in [5.41, 5.74) is 1.18. The summed E-state index contributed by atoms with van der Waals surface area (Å²) >= 11 is 0. The van der Waals surface area contributed by atoms with E-state index in [0.717, 1.165) is 31.2 Å². The van der Waals surface area contributed by atoms with Gasteiger partial charge in [-0.05, 0) is 43.5 Å². The minimum absolute atomic E-state index is 0.193. The first-order valence-electron chi connectivity index (χ1n) is 10.0. The Morgan fingerprint density at radius 3 is 2.53 bits per heavy atom. The standard InChI is InChI=1S/C22H24F3N3O4/c1-21(2,27-10-9-15-5-3-4-6-16(15)12-27)13-26-20(29)18-11-17(32-14-22(23,24)25)7-8-19(18)28(30)31/h3-8,11H,9-10,12-14H2,1-2H3,(H,26,29). The quantitative estimate of drug-likeness (QED) is 0.506. The van der Waals surface area contributed by atoms with Crippen molar-refractivity contribution in [2.24, 2.45) is 0 Å². The molecule has 0 radical (unpaired) electrons. The van der Waals surface area contributed by atoms with Gasteiger partial charge in [-0.2, -0.15) is 13.2 Å². The number of halogens is 3. The van der Waals surface area contributed by atoms with Crippen LogP contribution in [0.5, 0.6) is 5.75 Å². The van der Waals surface area contributed by atoms with Crippen LogP contribution in [0.3, 0.4) is 0 Å². The zero-order valence-corrected chi connectivity index (χ0v) is 17.7. The first-order chi connectivity index (χ1) is 15.0. The van der Waals surface area contributed by atoms with E-state index in [9.17, 15) is 28.1 Å². The molecule has 1 amide bonds. The Labute approximate surface area is 183 Å². The number of hydrogen-bond acceptors (Lipinski definition) is 5. The van der Waals surface area contributed by atoms with Gasteiger partial charge in [0.15, 0.2) is 6.61 Å². The topological polar surface area (TPSA) is 84.7 Å². The van der Waals surface area contributed by atoms with E-state index in [2.05, 4.69) is 27.1 Å². The van der Waals surface area contributed by atoms with Gasteiger partial charge in [0.25, 0.3) is 11.6 Å².